The summed E-state index contributed by atoms with van der Waals surface area (Å²) in [5.74, 6) is -0.322. The highest BCUT2D eigenvalue weighted by molar-refractivity contribution is 5.93. The lowest BCUT2D eigenvalue weighted by Gasteiger charge is -2.37. The van der Waals surface area contributed by atoms with Crippen molar-refractivity contribution in [2.45, 2.75) is 52.4 Å². The standard InChI is InChI=1S/C19H29N3O4/c1-13(2)25-18(23)9-10-20-19(24)21-16-7-5-6-8-17(16)22-11-14(3)26-15(4)12-22/h5-8,13-15H,9-12H2,1-4H3,(H2,20,21,24)/t14-,15-/m0/s1. The van der Waals surface area contributed by atoms with Gasteiger partial charge in [0.05, 0.1) is 36.1 Å². The fourth-order valence-electron chi connectivity index (χ4n) is 3.00. The van der Waals surface area contributed by atoms with Gasteiger partial charge in [-0.15, -0.1) is 0 Å². The van der Waals surface area contributed by atoms with E-state index in [-0.39, 0.29) is 43.3 Å². The van der Waals surface area contributed by atoms with Crippen LogP contribution in [0.2, 0.25) is 0 Å². The molecule has 1 aliphatic heterocycles. The largest absolute Gasteiger partial charge is 0.463 e. The molecular formula is C19H29N3O4. The molecular weight excluding hydrogens is 334 g/mol. The van der Waals surface area contributed by atoms with Crippen LogP contribution in [0.1, 0.15) is 34.1 Å². The van der Waals surface area contributed by atoms with Crippen LogP contribution in [0.3, 0.4) is 0 Å². The zero-order chi connectivity index (χ0) is 19.1. The van der Waals surface area contributed by atoms with Crippen molar-refractivity contribution >= 4 is 23.4 Å². The van der Waals surface area contributed by atoms with Crippen LogP contribution in [-0.4, -0.2) is 49.9 Å². The molecule has 0 spiro atoms. The maximum atomic E-state index is 12.2. The van der Waals surface area contributed by atoms with Crippen molar-refractivity contribution in [3.8, 4) is 0 Å². The average Bonchev–Trinajstić information content (AvgIpc) is 2.53. The van der Waals surface area contributed by atoms with E-state index in [1.54, 1.807) is 13.8 Å². The maximum Gasteiger partial charge on any atom is 0.319 e. The molecule has 2 N–H and O–H groups in total. The van der Waals surface area contributed by atoms with Crippen LogP contribution in [0.5, 0.6) is 0 Å². The van der Waals surface area contributed by atoms with Gasteiger partial charge in [-0.2, -0.15) is 0 Å². The molecule has 26 heavy (non-hydrogen) atoms. The molecule has 0 radical (unpaired) electrons. The number of anilines is 2. The van der Waals surface area contributed by atoms with E-state index in [9.17, 15) is 9.59 Å². The highest BCUT2D eigenvalue weighted by atomic mass is 16.5. The molecule has 7 heteroatoms. The van der Waals surface area contributed by atoms with Gasteiger partial charge in [-0.05, 0) is 39.8 Å². The summed E-state index contributed by atoms with van der Waals surface area (Å²) in [6.45, 7) is 9.44. The molecule has 0 unspecified atom stereocenters. The van der Waals surface area contributed by atoms with Gasteiger partial charge in [-0.1, -0.05) is 12.1 Å². The van der Waals surface area contributed by atoms with Gasteiger partial charge in [-0.25, -0.2) is 4.79 Å². The lowest BCUT2D eigenvalue weighted by atomic mass is 10.1. The first kappa shape index (κ1) is 20.0. The fourth-order valence-corrected chi connectivity index (χ4v) is 3.00. The second-order valence-corrected chi connectivity index (χ2v) is 6.85. The predicted octanol–water partition coefficient (Wildman–Crippen LogP) is 2.76. The Bertz CT molecular complexity index is 611. The summed E-state index contributed by atoms with van der Waals surface area (Å²) in [6, 6.07) is 7.34. The number of esters is 1. The third kappa shape index (κ3) is 6.22. The Morgan fingerprint density at radius 1 is 1.23 bits per heavy atom. The zero-order valence-electron chi connectivity index (χ0n) is 16.0. The highest BCUT2D eigenvalue weighted by Crippen LogP contribution is 2.28. The number of carbonyl (C=O) groups is 2. The van der Waals surface area contributed by atoms with Gasteiger partial charge in [0.15, 0.2) is 0 Å². The van der Waals surface area contributed by atoms with Gasteiger partial charge >= 0.3 is 12.0 Å². The third-order valence-corrected chi connectivity index (χ3v) is 3.89. The van der Waals surface area contributed by atoms with Crippen LogP contribution in [0.15, 0.2) is 24.3 Å². The van der Waals surface area contributed by atoms with E-state index in [0.29, 0.717) is 0 Å². The molecule has 1 aromatic rings. The molecule has 1 fully saturated rings. The third-order valence-electron chi connectivity index (χ3n) is 3.89. The number of urea groups is 1. The molecule has 0 aromatic heterocycles. The van der Waals surface area contributed by atoms with E-state index >= 15 is 0 Å². The van der Waals surface area contributed by atoms with Crippen molar-refractivity contribution < 1.29 is 19.1 Å². The number of nitrogens with one attached hydrogen (secondary N) is 2. The summed E-state index contributed by atoms with van der Waals surface area (Å²) in [7, 11) is 0. The molecule has 1 aromatic carbocycles. The molecule has 2 amide bonds. The molecule has 0 saturated carbocycles. The van der Waals surface area contributed by atoms with Gasteiger partial charge < -0.3 is 25.0 Å². The van der Waals surface area contributed by atoms with Crippen LogP contribution in [0.25, 0.3) is 0 Å². The van der Waals surface area contributed by atoms with Crippen molar-refractivity contribution in [2.75, 3.05) is 29.9 Å². The number of carbonyl (C=O) groups excluding carboxylic acids is 2. The number of hydrogen-bond acceptors (Lipinski definition) is 5. The Morgan fingerprint density at radius 2 is 1.88 bits per heavy atom. The van der Waals surface area contributed by atoms with Crippen molar-refractivity contribution in [1.82, 2.24) is 5.32 Å². The lowest BCUT2D eigenvalue weighted by Crippen LogP contribution is -2.45. The Balaban J connectivity index is 1.91. The molecule has 0 bridgehead atoms. The van der Waals surface area contributed by atoms with Crippen molar-refractivity contribution in [1.29, 1.82) is 0 Å². The van der Waals surface area contributed by atoms with E-state index in [1.807, 2.05) is 38.1 Å². The summed E-state index contributed by atoms with van der Waals surface area (Å²) >= 11 is 0. The molecule has 144 valence electrons. The topological polar surface area (TPSA) is 79.9 Å². The number of morpholine rings is 1. The van der Waals surface area contributed by atoms with Gasteiger partial charge in [0.25, 0.3) is 0 Å². The Morgan fingerprint density at radius 3 is 2.54 bits per heavy atom. The smallest absolute Gasteiger partial charge is 0.319 e. The van der Waals surface area contributed by atoms with Gasteiger partial charge in [0.1, 0.15) is 0 Å². The Hall–Kier alpha value is -2.28. The van der Waals surface area contributed by atoms with E-state index in [2.05, 4.69) is 15.5 Å². The quantitative estimate of drug-likeness (QED) is 0.760. The van der Waals surface area contributed by atoms with Gasteiger partial charge in [-0.3, -0.25) is 4.79 Å². The van der Waals surface area contributed by atoms with Crippen molar-refractivity contribution in [3.05, 3.63) is 24.3 Å². The van der Waals surface area contributed by atoms with Crippen LogP contribution < -0.4 is 15.5 Å². The summed E-state index contributed by atoms with van der Waals surface area (Å²) < 4.78 is 10.8. The van der Waals surface area contributed by atoms with E-state index in [4.69, 9.17) is 9.47 Å². The van der Waals surface area contributed by atoms with Crippen LogP contribution in [0, 0.1) is 0 Å². The average molecular weight is 363 g/mol. The molecule has 0 aliphatic carbocycles. The van der Waals surface area contributed by atoms with Crippen molar-refractivity contribution in [3.63, 3.8) is 0 Å². The van der Waals surface area contributed by atoms with Gasteiger partial charge in [0.2, 0.25) is 0 Å². The number of rotatable bonds is 6. The second-order valence-electron chi connectivity index (χ2n) is 6.85. The minimum Gasteiger partial charge on any atom is -0.463 e. The van der Waals surface area contributed by atoms with E-state index in [0.717, 1.165) is 24.5 Å². The van der Waals surface area contributed by atoms with Crippen LogP contribution >= 0.6 is 0 Å². The molecule has 2 rings (SSSR count). The summed E-state index contributed by atoms with van der Waals surface area (Å²) in [6.07, 6.45) is 0.257. The number of hydrogen-bond donors (Lipinski definition) is 2. The van der Waals surface area contributed by atoms with Crippen LogP contribution in [-0.2, 0) is 14.3 Å². The molecule has 7 nitrogen and oxygen atoms in total. The number of amides is 2. The van der Waals surface area contributed by atoms with E-state index < -0.39 is 0 Å². The number of ether oxygens (including phenoxy) is 2. The second kappa shape index (κ2) is 9.43. The number of benzene rings is 1. The lowest BCUT2D eigenvalue weighted by molar-refractivity contribution is -0.147. The first-order chi connectivity index (χ1) is 12.3. The number of para-hydroxylation sites is 2. The van der Waals surface area contributed by atoms with Crippen molar-refractivity contribution in [2.24, 2.45) is 0 Å². The molecule has 2 atom stereocenters. The molecule has 1 aliphatic rings. The minimum absolute atomic E-state index is 0.132. The first-order valence-electron chi connectivity index (χ1n) is 9.09. The fraction of sp³-hybridized carbons (Fsp3) is 0.579. The Kier molecular flexibility index (Phi) is 7.26. The maximum absolute atomic E-state index is 12.2. The van der Waals surface area contributed by atoms with Crippen LogP contribution in [0.4, 0.5) is 16.2 Å². The first-order valence-corrected chi connectivity index (χ1v) is 9.09. The summed E-state index contributed by atoms with van der Waals surface area (Å²) in [5, 5.41) is 5.56. The SMILES string of the molecule is CC(C)OC(=O)CCNC(=O)Nc1ccccc1N1C[C@H](C)O[C@@H](C)C1. The minimum atomic E-state index is -0.343. The molecule has 1 saturated heterocycles. The van der Waals surface area contributed by atoms with Gasteiger partial charge in [0, 0.05) is 19.6 Å². The Labute approximate surface area is 155 Å². The summed E-state index contributed by atoms with van der Waals surface area (Å²) in [4.78, 5) is 25.9. The summed E-state index contributed by atoms with van der Waals surface area (Å²) in [5.41, 5.74) is 1.69. The number of nitrogens with zero attached hydrogens (tertiary/aromatic N) is 1. The highest BCUT2D eigenvalue weighted by Gasteiger charge is 2.24. The zero-order valence-corrected chi connectivity index (χ0v) is 16.0. The van der Waals surface area contributed by atoms with E-state index in [1.165, 1.54) is 0 Å². The predicted molar refractivity (Wildman–Crippen MR) is 102 cm³/mol. The monoisotopic (exact) mass is 363 g/mol. The normalized spacial score (nSPS) is 20.0. The molecule has 1 heterocycles.